The maximum absolute atomic E-state index is 6.41. The van der Waals surface area contributed by atoms with E-state index in [1.807, 2.05) is 27.7 Å². The van der Waals surface area contributed by atoms with Crippen LogP contribution in [-0.2, 0) is 18.9 Å². The highest BCUT2D eigenvalue weighted by atomic mass is 35.5. The van der Waals surface area contributed by atoms with Crippen molar-refractivity contribution in [3.05, 3.63) is 0 Å². The lowest BCUT2D eigenvalue weighted by Gasteiger charge is -2.18. The van der Waals surface area contributed by atoms with Gasteiger partial charge in [0.1, 0.15) is 4.33 Å². The third-order valence-corrected chi connectivity index (χ3v) is 5.04. The molecule has 0 spiro atoms. The van der Waals surface area contributed by atoms with Crippen molar-refractivity contribution in [2.24, 2.45) is 11.8 Å². The summed E-state index contributed by atoms with van der Waals surface area (Å²) in [5.74, 6) is -1.07. The molecule has 19 heavy (non-hydrogen) atoms. The normalized spacial score (nSPS) is 46.4. The van der Waals surface area contributed by atoms with Gasteiger partial charge in [-0.25, -0.2) is 0 Å². The highest BCUT2D eigenvalue weighted by Gasteiger charge is 2.71. The molecule has 0 aromatic heterocycles. The Morgan fingerprint density at radius 1 is 0.789 bits per heavy atom. The maximum Gasteiger partial charge on any atom is 0.163 e. The van der Waals surface area contributed by atoms with Gasteiger partial charge < -0.3 is 18.9 Å². The van der Waals surface area contributed by atoms with E-state index in [2.05, 4.69) is 0 Å². The van der Waals surface area contributed by atoms with Crippen LogP contribution in [0.3, 0.4) is 0 Å². The Labute approximate surface area is 123 Å². The lowest BCUT2D eigenvalue weighted by atomic mass is 10.1. The van der Waals surface area contributed by atoms with Crippen molar-refractivity contribution in [3.63, 3.8) is 0 Å². The third kappa shape index (κ3) is 2.52. The molecule has 4 atom stereocenters. The Kier molecular flexibility index (Phi) is 3.19. The highest BCUT2D eigenvalue weighted by molar-refractivity contribution is 6.51. The molecule has 0 N–H and O–H groups in total. The molecule has 2 heterocycles. The van der Waals surface area contributed by atoms with E-state index < -0.39 is 15.9 Å². The Morgan fingerprint density at radius 2 is 1.16 bits per heavy atom. The van der Waals surface area contributed by atoms with Crippen molar-refractivity contribution in [2.75, 3.05) is 13.2 Å². The Balaban J connectivity index is 1.68. The highest BCUT2D eigenvalue weighted by Crippen LogP contribution is 2.65. The van der Waals surface area contributed by atoms with Crippen LogP contribution in [0.5, 0.6) is 0 Å². The van der Waals surface area contributed by atoms with Crippen molar-refractivity contribution in [2.45, 2.75) is 55.8 Å². The van der Waals surface area contributed by atoms with Gasteiger partial charge in [-0.1, -0.05) is 0 Å². The summed E-state index contributed by atoms with van der Waals surface area (Å²) in [5, 5.41) is 0. The van der Waals surface area contributed by atoms with Crippen LogP contribution >= 0.6 is 23.2 Å². The molecule has 1 aliphatic carbocycles. The van der Waals surface area contributed by atoms with E-state index in [4.69, 9.17) is 42.1 Å². The Hall–Kier alpha value is 0.420. The zero-order valence-corrected chi connectivity index (χ0v) is 13.1. The number of rotatable bonds is 2. The first-order valence-corrected chi connectivity index (χ1v) is 7.39. The second-order valence-electron chi connectivity index (χ2n) is 6.46. The fourth-order valence-corrected chi connectivity index (χ4v) is 4.10. The molecule has 0 radical (unpaired) electrons. The SMILES string of the molecule is CC1(C)OC[C@H](C2C([C@H]3COC(C)(C)O3)C2(Cl)Cl)O1. The van der Waals surface area contributed by atoms with Crippen LogP contribution in [0, 0.1) is 11.8 Å². The number of ether oxygens (including phenoxy) is 4. The molecule has 2 unspecified atom stereocenters. The Bertz CT molecular complexity index is 349. The molecule has 4 nitrogen and oxygen atoms in total. The van der Waals surface area contributed by atoms with E-state index >= 15 is 0 Å². The largest absolute Gasteiger partial charge is 0.348 e. The van der Waals surface area contributed by atoms with Crippen molar-refractivity contribution in [1.29, 1.82) is 0 Å². The van der Waals surface area contributed by atoms with Crippen LogP contribution in [-0.4, -0.2) is 41.3 Å². The first kappa shape index (κ1) is 14.4. The summed E-state index contributed by atoms with van der Waals surface area (Å²) in [7, 11) is 0. The average Bonchev–Trinajstić information content (AvgIpc) is 2.58. The van der Waals surface area contributed by atoms with Gasteiger partial charge in [-0.05, 0) is 27.7 Å². The lowest BCUT2D eigenvalue weighted by molar-refractivity contribution is -0.147. The first-order chi connectivity index (χ1) is 8.62. The van der Waals surface area contributed by atoms with Gasteiger partial charge in [0, 0.05) is 11.8 Å². The number of hydrogen-bond donors (Lipinski definition) is 0. The van der Waals surface area contributed by atoms with E-state index in [0.29, 0.717) is 13.2 Å². The lowest BCUT2D eigenvalue weighted by Crippen LogP contribution is -2.25. The minimum Gasteiger partial charge on any atom is -0.348 e. The summed E-state index contributed by atoms with van der Waals surface area (Å²) >= 11 is 12.8. The topological polar surface area (TPSA) is 36.9 Å². The first-order valence-electron chi connectivity index (χ1n) is 6.64. The molecule has 6 heteroatoms. The molecule has 0 aromatic carbocycles. The zero-order chi connectivity index (χ0) is 14.1. The van der Waals surface area contributed by atoms with Gasteiger partial charge in [-0.15, -0.1) is 23.2 Å². The summed E-state index contributed by atoms with van der Waals surface area (Å²) in [6.45, 7) is 8.62. The summed E-state index contributed by atoms with van der Waals surface area (Å²) in [6, 6.07) is 0. The van der Waals surface area contributed by atoms with Crippen LogP contribution in [0.4, 0.5) is 0 Å². The summed E-state index contributed by atoms with van der Waals surface area (Å²) in [6.07, 6.45) is -0.162. The van der Waals surface area contributed by atoms with Crippen molar-refractivity contribution in [3.8, 4) is 0 Å². The fraction of sp³-hybridized carbons (Fsp3) is 1.00. The van der Waals surface area contributed by atoms with Gasteiger partial charge in [-0.3, -0.25) is 0 Å². The number of hydrogen-bond acceptors (Lipinski definition) is 4. The molecule has 0 bridgehead atoms. The van der Waals surface area contributed by atoms with E-state index in [1.165, 1.54) is 0 Å². The molecule has 0 aromatic rings. The molecule has 3 rings (SSSR count). The minimum absolute atomic E-state index is 0.0279. The van der Waals surface area contributed by atoms with Crippen molar-refractivity contribution < 1.29 is 18.9 Å². The second-order valence-corrected chi connectivity index (χ2v) is 7.90. The zero-order valence-electron chi connectivity index (χ0n) is 11.6. The van der Waals surface area contributed by atoms with Crippen LogP contribution in [0.25, 0.3) is 0 Å². The molecule has 110 valence electrons. The number of halogens is 2. The smallest absolute Gasteiger partial charge is 0.163 e. The van der Waals surface area contributed by atoms with E-state index in [1.54, 1.807) is 0 Å². The summed E-state index contributed by atoms with van der Waals surface area (Å²) in [4.78, 5) is 0. The second kappa shape index (κ2) is 4.21. The predicted molar refractivity (Wildman–Crippen MR) is 71.2 cm³/mol. The molecule has 3 aliphatic rings. The Morgan fingerprint density at radius 3 is 1.42 bits per heavy atom. The third-order valence-electron chi connectivity index (χ3n) is 4.03. The molecule has 0 amide bonds. The fourth-order valence-electron chi connectivity index (χ4n) is 3.12. The van der Waals surface area contributed by atoms with E-state index in [-0.39, 0.29) is 24.0 Å². The van der Waals surface area contributed by atoms with Crippen LogP contribution in [0.1, 0.15) is 27.7 Å². The summed E-state index contributed by atoms with van der Waals surface area (Å²) in [5.41, 5.74) is 0. The van der Waals surface area contributed by atoms with Crippen molar-refractivity contribution >= 4 is 23.2 Å². The quantitative estimate of drug-likeness (QED) is 0.735. The van der Waals surface area contributed by atoms with Crippen LogP contribution < -0.4 is 0 Å². The molecular weight excluding hydrogens is 291 g/mol. The van der Waals surface area contributed by atoms with Gasteiger partial charge in [-0.2, -0.15) is 0 Å². The molecular formula is C13H20Cl2O4. The van der Waals surface area contributed by atoms with Crippen molar-refractivity contribution in [1.82, 2.24) is 0 Å². The molecule has 2 saturated heterocycles. The summed E-state index contributed by atoms with van der Waals surface area (Å²) < 4.78 is 22.1. The molecule has 2 aliphatic heterocycles. The monoisotopic (exact) mass is 310 g/mol. The van der Waals surface area contributed by atoms with Gasteiger partial charge in [0.25, 0.3) is 0 Å². The standard InChI is InChI=1S/C13H20Cl2O4/c1-11(2)16-5-7(18-11)9-10(13(9,14)15)8-6-17-12(3,4)19-8/h7-10H,5-6H2,1-4H3/t7-,8-,9?,10?/m1/s1. The van der Waals surface area contributed by atoms with Crippen LogP contribution in [0.2, 0.25) is 0 Å². The van der Waals surface area contributed by atoms with Crippen LogP contribution in [0.15, 0.2) is 0 Å². The molecule has 1 saturated carbocycles. The molecule has 3 fully saturated rings. The van der Waals surface area contributed by atoms with Gasteiger partial charge in [0.15, 0.2) is 11.6 Å². The number of alkyl halides is 2. The average molecular weight is 311 g/mol. The van der Waals surface area contributed by atoms with Gasteiger partial charge in [0.05, 0.1) is 25.4 Å². The van der Waals surface area contributed by atoms with Gasteiger partial charge >= 0.3 is 0 Å². The minimum atomic E-state index is -0.817. The van der Waals surface area contributed by atoms with Gasteiger partial charge in [0.2, 0.25) is 0 Å². The predicted octanol–water partition coefficient (Wildman–Crippen LogP) is 2.71. The van der Waals surface area contributed by atoms with E-state index in [9.17, 15) is 0 Å². The van der Waals surface area contributed by atoms with E-state index in [0.717, 1.165) is 0 Å². The maximum atomic E-state index is 6.41.